The maximum absolute atomic E-state index is 12.4. The van der Waals surface area contributed by atoms with Crippen LogP contribution in [0.3, 0.4) is 0 Å². The van der Waals surface area contributed by atoms with Crippen molar-refractivity contribution in [2.45, 2.75) is 69.4 Å². The molecule has 2 aliphatic rings. The average Bonchev–Trinajstić information content (AvgIpc) is 2.97. The van der Waals surface area contributed by atoms with Gasteiger partial charge in [-0.05, 0) is 25.7 Å². The molecule has 0 saturated heterocycles. The lowest BCUT2D eigenvalue weighted by atomic mass is 9.93. The number of carbonyl (C=O) groups is 2. The molecule has 108 valence electrons. The molecule has 0 spiro atoms. The lowest BCUT2D eigenvalue weighted by Crippen LogP contribution is -2.48. The molecule has 5 nitrogen and oxygen atoms in total. The summed E-state index contributed by atoms with van der Waals surface area (Å²) in [5.41, 5.74) is 5.84. The summed E-state index contributed by atoms with van der Waals surface area (Å²) >= 11 is 0. The fourth-order valence-electron chi connectivity index (χ4n) is 3.44. The third kappa shape index (κ3) is 3.69. The molecule has 0 unspecified atom stereocenters. The summed E-state index contributed by atoms with van der Waals surface area (Å²) in [7, 11) is 0. The minimum atomic E-state index is -0.933. The third-order valence-electron chi connectivity index (χ3n) is 4.49. The molecule has 0 radical (unpaired) electrons. The highest BCUT2D eigenvalue weighted by molar-refractivity contribution is 5.82. The molecule has 0 aromatic heterocycles. The van der Waals surface area contributed by atoms with E-state index in [1.807, 2.05) is 0 Å². The molecule has 5 heteroatoms. The zero-order valence-electron chi connectivity index (χ0n) is 11.4. The van der Waals surface area contributed by atoms with Crippen LogP contribution in [0.15, 0.2) is 0 Å². The molecule has 0 aromatic carbocycles. The number of aliphatic carboxylic acids is 1. The Labute approximate surface area is 114 Å². The second kappa shape index (κ2) is 5.90. The minimum absolute atomic E-state index is 0.0706. The molecule has 0 aromatic rings. The Morgan fingerprint density at radius 3 is 2.26 bits per heavy atom. The predicted octanol–water partition coefficient (Wildman–Crippen LogP) is 1.50. The highest BCUT2D eigenvalue weighted by Gasteiger charge is 2.36. The van der Waals surface area contributed by atoms with Crippen molar-refractivity contribution in [2.24, 2.45) is 5.73 Å². The normalized spacial score (nSPS) is 22.6. The molecule has 2 fully saturated rings. The van der Waals surface area contributed by atoms with Gasteiger partial charge in [-0.15, -0.1) is 0 Å². The SMILES string of the molecule is NC1(CC(=O)N(CC(=O)O)C2CCCC2)CCCC1. The van der Waals surface area contributed by atoms with Crippen molar-refractivity contribution in [3.05, 3.63) is 0 Å². The maximum atomic E-state index is 12.4. The fraction of sp³-hybridized carbons (Fsp3) is 0.857. The number of carboxylic acids is 1. The summed E-state index contributed by atoms with van der Waals surface area (Å²) < 4.78 is 0. The van der Waals surface area contributed by atoms with Crippen LogP contribution in [0.1, 0.15) is 57.8 Å². The Morgan fingerprint density at radius 1 is 1.16 bits per heavy atom. The lowest BCUT2D eigenvalue weighted by Gasteiger charge is -2.31. The van der Waals surface area contributed by atoms with E-state index in [9.17, 15) is 9.59 Å². The first-order valence-electron chi connectivity index (χ1n) is 7.30. The molecule has 0 bridgehead atoms. The lowest BCUT2D eigenvalue weighted by molar-refractivity contribution is -0.146. The van der Waals surface area contributed by atoms with E-state index in [1.54, 1.807) is 4.90 Å². The van der Waals surface area contributed by atoms with Crippen LogP contribution in [0.4, 0.5) is 0 Å². The van der Waals surface area contributed by atoms with E-state index in [0.717, 1.165) is 51.4 Å². The van der Waals surface area contributed by atoms with Crippen molar-refractivity contribution in [1.29, 1.82) is 0 Å². The van der Waals surface area contributed by atoms with Crippen molar-refractivity contribution >= 4 is 11.9 Å². The molecule has 1 amide bonds. The summed E-state index contributed by atoms with van der Waals surface area (Å²) in [6.07, 6.45) is 8.24. The highest BCUT2D eigenvalue weighted by Crippen LogP contribution is 2.32. The molecule has 0 atom stereocenters. The fourth-order valence-corrected chi connectivity index (χ4v) is 3.44. The summed E-state index contributed by atoms with van der Waals surface area (Å²) in [4.78, 5) is 24.9. The van der Waals surface area contributed by atoms with E-state index >= 15 is 0 Å². The van der Waals surface area contributed by atoms with E-state index in [2.05, 4.69) is 0 Å². The van der Waals surface area contributed by atoms with Crippen LogP contribution < -0.4 is 5.73 Å². The van der Waals surface area contributed by atoms with E-state index in [0.29, 0.717) is 6.42 Å². The quantitative estimate of drug-likeness (QED) is 0.791. The molecule has 2 rings (SSSR count). The molecule has 3 N–H and O–H groups in total. The van der Waals surface area contributed by atoms with Gasteiger partial charge >= 0.3 is 5.97 Å². The Hall–Kier alpha value is -1.10. The first-order valence-corrected chi connectivity index (χ1v) is 7.30. The number of rotatable bonds is 5. The topological polar surface area (TPSA) is 83.6 Å². The summed E-state index contributed by atoms with van der Waals surface area (Å²) in [6, 6.07) is 0.105. The Balaban J connectivity index is 1.99. The van der Waals surface area contributed by atoms with Gasteiger partial charge in [-0.3, -0.25) is 9.59 Å². The van der Waals surface area contributed by atoms with Crippen LogP contribution in [0.5, 0.6) is 0 Å². The largest absolute Gasteiger partial charge is 0.480 e. The monoisotopic (exact) mass is 268 g/mol. The maximum Gasteiger partial charge on any atom is 0.323 e. The number of hydrogen-bond donors (Lipinski definition) is 2. The minimum Gasteiger partial charge on any atom is -0.480 e. The van der Waals surface area contributed by atoms with Crippen molar-refractivity contribution in [2.75, 3.05) is 6.54 Å². The van der Waals surface area contributed by atoms with E-state index in [4.69, 9.17) is 10.8 Å². The molecule has 0 aliphatic heterocycles. The first kappa shape index (κ1) is 14.3. The molecular weight excluding hydrogens is 244 g/mol. The second-order valence-corrected chi connectivity index (χ2v) is 6.10. The van der Waals surface area contributed by atoms with Crippen molar-refractivity contribution < 1.29 is 14.7 Å². The van der Waals surface area contributed by atoms with Crippen LogP contribution in [0.25, 0.3) is 0 Å². The van der Waals surface area contributed by atoms with Crippen molar-refractivity contribution in [3.63, 3.8) is 0 Å². The number of carbonyl (C=O) groups excluding carboxylic acids is 1. The zero-order valence-corrected chi connectivity index (χ0v) is 11.4. The number of nitrogens with zero attached hydrogens (tertiary/aromatic N) is 1. The van der Waals surface area contributed by atoms with Gasteiger partial charge in [0.25, 0.3) is 0 Å². The van der Waals surface area contributed by atoms with Gasteiger partial charge in [0.1, 0.15) is 6.54 Å². The molecule has 0 heterocycles. The van der Waals surface area contributed by atoms with Gasteiger partial charge in [0.2, 0.25) is 5.91 Å². The summed E-state index contributed by atoms with van der Waals surface area (Å²) in [6.45, 7) is -0.181. The van der Waals surface area contributed by atoms with Crippen LogP contribution >= 0.6 is 0 Å². The molecule has 2 aliphatic carbocycles. The number of carboxylic acid groups (broad SMARTS) is 1. The average molecular weight is 268 g/mol. The second-order valence-electron chi connectivity index (χ2n) is 6.10. The summed E-state index contributed by atoms with van der Waals surface area (Å²) in [5, 5.41) is 8.99. The van der Waals surface area contributed by atoms with Gasteiger partial charge in [-0.25, -0.2) is 0 Å². The van der Waals surface area contributed by atoms with Gasteiger partial charge in [0.15, 0.2) is 0 Å². The summed E-state index contributed by atoms with van der Waals surface area (Å²) in [5.74, 6) is -1.00. The van der Waals surface area contributed by atoms with Crippen LogP contribution in [-0.4, -0.2) is 40.0 Å². The molecular formula is C14H24N2O3. The van der Waals surface area contributed by atoms with Gasteiger partial charge in [-0.2, -0.15) is 0 Å². The Morgan fingerprint density at radius 2 is 1.74 bits per heavy atom. The first-order chi connectivity index (χ1) is 9.00. The number of nitrogens with two attached hydrogens (primary N) is 1. The predicted molar refractivity (Wildman–Crippen MR) is 71.6 cm³/mol. The van der Waals surface area contributed by atoms with Crippen LogP contribution in [0.2, 0.25) is 0 Å². The zero-order chi connectivity index (χ0) is 13.9. The van der Waals surface area contributed by atoms with Crippen molar-refractivity contribution in [3.8, 4) is 0 Å². The van der Waals surface area contributed by atoms with E-state index in [-0.39, 0.29) is 18.5 Å². The smallest absolute Gasteiger partial charge is 0.323 e. The van der Waals surface area contributed by atoms with E-state index in [1.165, 1.54) is 0 Å². The van der Waals surface area contributed by atoms with E-state index < -0.39 is 11.5 Å². The van der Waals surface area contributed by atoms with Gasteiger partial charge in [0.05, 0.1) is 0 Å². The number of hydrogen-bond acceptors (Lipinski definition) is 3. The van der Waals surface area contributed by atoms with Crippen LogP contribution in [-0.2, 0) is 9.59 Å². The van der Waals surface area contributed by atoms with Gasteiger partial charge < -0.3 is 15.7 Å². The molecule has 2 saturated carbocycles. The molecule has 19 heavy (non-hydrogen) atoms. The van der Waals surface area contributed by atoms with Gasteiger partial charge in [-0.1, -0.05) is 25.7 Å². The number of amides is 1. The standard InChI is InChI=1S/C14H24N2O3/c15-14(7-3-4-8-14)9-12(17)16(10-13(18)19)11-5-1-2-6-11/h11H,1-10,15H2,(H,18,19). The highest BCUT2D eigenvalue weighted by atomic mass is 16.4. The Bertz CT molecular complexity index is 345. The Kier molecular flexibility index (Phi) is 4.45. The third-order valence-corrected chi connectivity index (χ3v) is 4.49. The van der Waals surface area contributed by atoms with Crippen LogP contribution in [0, 0.1) is 0 Å². The van der Waals surface area contributed by atoms with Gasteiger partial charge in [0, 0.05) is 18.0 Å². The van der Waals surface area contributed by atoms with Crippen molar-refractivity contribution in [1.82, 2.24) is 4.90 Å².